The van der Waals surface area contributed by atoms with Crippen LogP contribution in [0, 0.1) is 0 Å². The first-order chi connectivity index (χ1) is 12.5. The molecule has 0 aromatic heterocycles. The van der Waals surface area contributed by atoms with Crippen molar-refractivity contribution in [1.82, 2.24) is 0 Å². The maximum absolute atomic E-state index is 11.5. The monoisotopic (exact) mass is 350 g/mol. The van der Waals surface area contributed by atoms with Crippen LogP contribution in [0.1, 0.15) is 13.8 Å². The summed E-state index contributed by atoms with van der Waals surface area (Å²) in [5, 5.41) is 1.27. The second-order valence-electron chi connectivity index (χ2n) is 5.72. The largest absolute Gasteiger partial charge is 0.493 e. The normalized spacial score (nSPS) is 10.4. The van der Waals surface area contributed by atoms with E-state index in [1.807, 2.05) is 48.5 Å². The van der Waals surface area contributed by atoms with Gasteiger partial charge in [0.15, 0.2) is 11.5 Å². The lowest BCUT2D eigenvalue weighted by molar-refractivity contribution is -0.133. The van der Waals surface area contributed by atoms with Gasteiger partial charge >= 0.3 is 11.9 Å². The van der Waals surface area contributed by atoms with Gasteiger partial charge in [0.25, 0.3) is 0 Å². The van der Waals surface area contributed by atoms with Gasteiger partial charge in [0.05, 0.1) is 7.11 Å². The Kier molecular flexibility index (Phi) is 4.89. The third-order valence-corrected chi connectivity index (χ3v) is 3.84. The third kappa shape index (κ3) is 3.52. The molecule has 3 aromatic rings. The quantitative estimate of drug-likeness (QED) is 0.517. The maximum atomic E-state index is 11.5. The summed E-state index contributed by atoms with van der Waals surface area (Å²) in [4.78, 5) is 23.0. The maximum Gasteiger partial charge on any atom is 0.308 e. The summed E-state index contributed by atoms with van der Waals surface area (Å²) in [6, 6.07) is 17.0. The zero-order chi connectivity index (χ0) is 18.7. The van der Waals surface area contributed by atoms with Gasteiger partial charge in [-0.15, -0.1) is 0 Å². The number of hydrogen-bond acceptors (Lipinski definition) is 5. The minimum atomic E-state index is -0.461. The topological polar surface area (TPSA) is 61.8 Å². The molecule has 0 aliphatic heterocycles. The molecule has 0 heterocycles. The Morgan fingerprint density at radius 3 is 2.04 bits per heavy atom. The first kappa shape index (κ1) is 17.5. The van der Waals surface area contributed by atoms with Gasteiger partial charge in [0.2, 0.25) is 0 Å². The van der Waals surface area contributed by atoms with E-state index >= 15 is 0 Å². The van der Waals surface area contributed by atoms with E-state index in [1.54, 1.807) is 6.07 Å². The number of carbonyl (C=O) groups excluding carboxylic acids is 2. The fraction of sp³-hybridized carbons (Fsp3) is 0.143. The first-order valence-corrected chi connectivity index (χ1v) is 8.06. The Morgan fingerprint density at radius 1 is 0.731 bits per heavy atom. The third-order valence-electron chi connectivity index (χ3n) is 3.84. The van der Waals surface area contributed by atoms with Gasteiger partial charge < -0.3 is 14.2 Å². The number of fused-ring (bicyclic) bond motifs is 1. The molecule has 3 rings (SSSR count). The van der Waals surface area contributed by atoms with Crippen LogP contribution in [0.15, 0.2) is 54.6 Å². The molecule has 0 saturated carbocycles. The summed E-state index contributed by atoms with van der Waals surface area (Å²) in [5.74, 6) is 0.0515. The second kappa shape index (κ2) is 7.27. The van der Waals surface area contributed by atoms with E-state index in [-0.39, 0.29) is 0 Å². The zero-order valence-electron chi connectivity index (χ0n) is 14.7. The Labute approximate surface area is 151 Å². The van der Waals surface area contributed by atoms with E-state index in [4.69, 9.17) is 14.2 Å². The molecule has 0 bridgehead atoms. The number of hydrogen-bond donors (Lipinski definition) is 0. The first-order valence-electron chi connectivity index (χ1n) is 8.06. The summed E-state index contributed by atoms with van der Waals surface area (Å²) in [6.07, 6.45) is 0. The average Bonchev–Trinajstić information content (AvgIpc) is 2.63. The molecule has 0 radical (unpaired) electrons. The van der Waals surface area contributed by atoms with E-state index in [0.717, 1.165) is 11.1 Å². The van der Waals surface area contributed by atoms with E-state index in [0.29, 0.717) is 28.0 Å². The fourth-order valence-corrected chi connectivity index (χ4v) is 2.79. The molecule has 132 valence electrons. The number of rotatable bonds is 4. The van der Waals surface area contributed by atoms with Crippen LogP contribution in [0.3, 0.4) is 0 Å². The van der Waals surface area contributed by atoms with Crippen molar-refractivity contribution in [2.75, 3.05) is 7.11 Å². The van der Waals surface area contributed by atoms with Crippen LogP contribution in [0.5, 0.6) is 17.2 Å². The number of ether oxygens (including phenoxy) is 3. The summed E-state index contributed by atoms with van der Waals surface area (Å²) in [6.45, 7) is 2.66. The van der Waals surface area contributed by atoms with Gasteiger partial charge in [-0.25, -0.2) is 0 Å². The molecule has 5 heteroatoms. The van der Waals surface area contributed by atoms with E-state index < -0.39 is 11.9 Å². The van der Waals surface area contributed by atoms with Gasteiger partial charge in [0, 0.05) is 30.7 Å². The molecule has 0 aliphatic carbocycles. The smallest absolute Gasteiger partial charge is 0.308 e. The highest BCUT2D eigenvalue weighted by molar-refractivity contribution is 6.00. The molecule has 5 nitrogen and oxygen atoms in total. The zero-order valence-corrected chi connectivity index (χ0v) is 14.7. The highest BCUT2D eigenvalue weighted by Gasteiger charge is 2.18. The van der Waals surface area contributed by atoms with Crippen LogP contribution < -0.4 is 14.2 Å². The van der Waals surface area contributed by atoms with E-state index in [9.17, 15) is 9.59 Å². The van der Waals surface area contributed by atoms with E-state index in [1.165, 1.54) is 21.0 Å². The van der Waals surface area contributed by atoms with Crippen molar-refractivity contribution in [3.8, 4) is 28.4 Å². The number of esters is 2. The molecule has 0 fully saturated rings. The van der Waals surface area contributed by atoms with E-state index in [2.05, 4.69) is 0 Å². The van der Waals surface area contributed by atoms with Crippen LogP contribution in [0.25, 0.3) is 21.9 Å². The molecular formula is C21H18O5. The minimum Gasteiger partial charge on any atom is -0.493 e. The average molecular weight is 350 g/mol. The van der Waals surface area contributed by atoms with Gasteiger partial charge in [-0.2, -0.15) is 0 Å². The highest BCUT2D eigenvalue weighted by Crippen LogP contribution is 2.43. The van der Waals surface area contributed by atoms with Crippen molar-refractivity contribution in [1.29, 1.82) is 0 Å². The Balaban J connectivity index is 2.28. The SMILES string of the molecule is COc1cc(OC(C)=O)c2cc(-c3ccccc3)ccc2c1OC(C)=O. The number of benzene rings is 3. The van der Waals surface area contributed by atoms with Crippen LogP contribution >= 0.6 is 0 Å². The lowest BCUT2D eigenvalue weighted by atomic mass is 10.00. The standard InChI is InChI=1S/C21H18O5/c1-13(22)25-19-12-20(24-3)21(26-14(2)23)17-10-9-16(11-18(17)19)15-7-5-4-6-8-15/h4-12H,1-3H3. The number of methoxy groups -OCH3 is 1. The molecule has 0 spiro atoms. The lowest BCUT2D eigenvalue weighted by Crippen LogP contribution is -2.06. The lowest BCUT2D eigenvalue weighted by Gasteiger charge is -2.15. The number of carbonyl (C=O) groups is 2. The van der Waals surface area contributed by atoms with Gasteiger partial charge in [-0.05, 0) is 23.3 Å². The molecule has 0 saturated heterocycles. The molecular weight excluding hydrogens is 332 g/mol. The molecule has 0 unspecified atom stereocenters. The van der Waals surface area contributed by atoms with Gasteiger partial charge in [0.1, 0.15) is 5.75 Å². The Morgan fingerprint density at radius 2 is 1.42 bits per heavy atom. The van der Waals surface area contributed by atoms with Gasteiger partial charge in [-0.1, -0.05) is 36.4 Å². The van der Waals surface area contributed by atoms with Crippen LogP contribution in [0.4, 0.5) is 0 Å². The Bertz CT molecular complexity index is 977. The van der Waals surface area contributed by atoms with Crippen molar-refractivity contribution in [3.63, 3.8) is 0 Å². The van der Waals surface area contributed by atoms with Crippen molar-refractivity contribution < 1.29 is 23.8 Å². The highest BCUT2D eigenvalue weighted by atomic mass is 16.6. The fourth-order valence-electron chi connectivity index (χ4n) is 2.79. The molecule has 26 heavy (non-hydrogen) atoms. The Hall–Kier alpha value is -3.34. The predicted octanol–water partition coefficient (Wildman–Crippen LogP) is 4.37. The molecule has 0 atom stereocenters. The van der Waals surface area contributed by atoms with Crippen molar-refractivity contribution in [2.45, 2.75) is 13.8 Å². The molecule has 3 aromatic carbocycles. The van der Waals surface area contributed by atoms with Crippen LogP contribution in [0.2, 0.25) is 0 Å². The summed E-state index contributed by atoms with van der Waals surface area (Å²) in [7, 11) is 1.46. The van der Waals surface area contributed by atoms with Crippen LogP contribution in [-0.2, 0) is 9.59 Å². The van der Waals surface area contributed by atoms with Gasteiger partial charge in [-0.3, -0.25) is 9.59 Å². The summed E-state index contributed by atoms with van der Waals surface area (Å²) in [5.41, 5.74) is 1.97. The van der Waals surface area contributed by atoms with Crippen LogP contribution in [-0.4, -0.2) is 19.0 Å². The second-order valence-corrected chi connectivity index (χ2v) is 5.72. The predicted molar refractivity (Wildman–Crippen MR) is 98.6 cm³/mol. The van der Waals surface area contributed by atoms with Crippen molar-refractivity contribution in [2.24, 2.45) is 0 Å². The van der Waals surface area contributed by atoms with Crippen molar-refractivity contribution >= 4 is 22.7 Å². The molecule has 0 N–H and O–H groups in total. The molecule has 0 amide bonds. The summed E-state index contributed by atoms with van der Waals surface area (Å²) >= 11 is 0. The summed E-state index contributed by atoms with van der Waals surface area (Å²) < 4.78 is 16.0. The minimum absolute atomic E-state index is 0.297. The van der Waals surface area contributed by atoms with Crippen molar-refractivity contribution in [3.05, 3.63) is 54.6 Å². The molecule has 0 aliphatic rings.